The number of carbonyl (C=O) groups is 1. The van der Waals surface area contributed by atoms with E-state index in [4.69, 9.17) is 4.42 Å². The van der Waals surface area contributed by atoms with Crippen molar-refractivity contribution in [1.82, 2.24) is 9.71 Å². The topological polar surface area (TPSA) is 72.2 Å². The lowest BCUT2D eigenvalue weighted by Crippen LogP contribution is -2.29. The van der Waals surface area contributed by atoms with Gasteiger partial charge in [0.25, 0.3) is 5.91 Å². The van der Waals surface area contributed by atoms with E-state index in [0.29, 0.717) is 18.1 Å². The molecule has 0 aliphatic heterocycles. The normalized spacial score (nSPS) is 14.6. The molecule has 0 aliphatic carbocycles. The van der Waals surface area contributed by atoms with Crippen LogP contribution in [-0.4, -0.2) is 27.2 Å². The highest BCUT2D eigenvalue weighted by molar-refractivity contribution is 7.98. The van der Waals surface area contributed by atoms with Gasteiger partial charge in [-0.15, -0.1) is 0 Å². The molecular weight excluding hydrogens is 216 g/mol. The van der Waals surface area contributed by atoms with E-state index in [-0.39, 0.29) is 5.69 Å². The standard InChI is InChI=1S/C9H14N2O3S/c1-5-7-10-8(6(2)14-7)9(12)11-15(3,4)13/h3,5H2,1-2,4H3,(H,11,12,13). The lowest BCUT2D eigenvalue weighted by Gasteiger charge is -2.03. The number of hydrogen-bond donors (Lipinski definition) is 1. The molecule has 0 fully saturated rings. The molecule has 1 amide bonds. The first-order chi connectivity index (χ1) is 6.83. The zero-order valence-electron chi connectivity index (χ0n) is 8.99. The monoisotopic (exact) mass is 230 g/mol. The van der Waals surface area contributed by atoms with Crippen LogP contribution in [0.5, 0.6) is 0 Å². The first-order valence-electron chi connectivity index (χ1n) is 4.44. The average molecular weight is 230 g/mol. The fourth-order valence-electron chi connectivity index (χ4n) is 1.06. The van der Waals surface area contributed by atoms with E-state index in [1.165, 1.54) is 6.26 Å². The summed E-state index contributed by atoms with van der Waals surface area (Å²) in [7, 11) is -2.57. The van der Waals surface area contributed by atoms with Crippen molar-refractivity contribution in [3.63, 3.8) is 0 Å². The van der Waals surface area contributed by atoms with Crippen LogP contribution >= 0.6 is 0 Å². The molecule has 84 valence electrons. The first kappa shape index (κ1) is 11.8. The van der Waals surface area contributed by atoms with Crippen molar-refractivity contribution in [2.45, 2.75) is 20.3 Å². The molecule has 6 heteroatoms. The van der Waals surface area contributed by atoms with Crippen LogP contribution in [0.4, 0.5) is 0 Å². The smallest absolute Gasteiger partial charge is 0.284 e. The molecule has 5 nitrogen and oxygen atoms in total. The van der Waals surface area contributed by atoms with Crippen LogP contribution in [0, 0.1) is 6.92 Å². The van der Waals surface area contributed by atoms with Crippen molar-refractivity contribution in [1.29, 1.82) is 0 Å². The van der Waals surface area contributed by atoms with Gasteiger partial charge in [-0.25, -0.2) is 9.19 Å². The van der Waals surface area contributed by atoms with Gasteiger partial charge in [0.05, 0.1) is 0 Å². The Morgan fingerprint density at radius 2 is 2.27 bits per heavy atom. The highest BCUT2D eigenvalue weighted by atomic mass is 32.2. The van der Waals surface area contributed by atoms with E-state index in [1.54, 1.807) is 6.92 Å². The van der Waals surface area contributed by atoms with Crippen molar-refractivity contribution < 1.29 is 13.4 Å². The van der Waals surface area contributed by atoms with Gasteiger partial charge < -0.3 is 4.42 Å². The summed E-state index contributed by atoms with van der Waals surface area (Å²) >= 11 is 0. The van der Waals surface area contributed by atoms with Crippen LogP contribution < -0.4 is 4.72 Å². The summed E-state index contributed by atoms with van der Waals surface area (Å²) in [5, 5.41) is 0. The third-order valence-corrected chi connectivity index (χ3v) is 2.28. The highest BCUT2D eigenvalue weighted by Gasteiger charge is 2.17. The second kappa shape index (κ2) is 4.06. The first-order valence-corrected chi connectivity index (χ1v) is 6.57. The van der Waals surface area contributed by atoms with E-state index in [2.05, 4.69) is 15.6 Å². The van der Waals surface area contributed by atoms with E-state index in [9.17, 15) is 9.00 Å². The molecule has 0 aromatic carbocycles. The lowest BCUT2D eigenvalue weighted by molar-refractivity contribution is 0.0977. The molecule has 0 radical (unpaired) electrons. The molecule has 0 aliphatic rings. The minimum absolute atomic E-state index is 0.171. The molecule has 1 N–H and O–H groups in total. The van der Waals surface area contributed by atoms with Crippen molar-refractivity contribution in [2.75, 3.05) is 6.26 Å². The van der Waals surface area contributed by atoms with Crippen LogP contribution in [0.1, 0.15) is 29.1 Å². The number of hydrogen-bond acceptors (Lipinski definition) is 4. The number of nitrogens with zero attached hydrogens (tertiary/aromatic N) is 1. The van der Waals surface area contributed by atoms with Gasteiger partial charge in [0.1, 0.15) is 5.76 Å². The SMILES string of the molecule is C=S(C)(=O)NC(=O)c1nc(CC)oc1C. The number of nitrogens with one attached hydrogen (secondary N) is 1. The van der Waals surface area contributed by atoms with Crippen LogP contribution in [0.15, 0.2) is 4.42 Å². The largest absolute Gasteiger partial charge is 0.445 e. The van der Waals surface area contributed by atoms with Gasteiger partial charge in [-0.2, -0.15) is 0 Å². The van der Waals surface area contributed by atoms with Crippen LogP contribution in [0.25, 0.3) is 0 Å². The molecule has 15 heavy (non-hydrogen) atoms. The number of aryl methyl sites for hydroxylation is 2. The Hall–Kier alpha value is -1.30. The van der Waals surface area contributed by atoms with Gasteiger partial charge >= 0.3 is 0 Å². The second-order valence-electron chi connectivity index (χ2n) is 3.30. The molecule has 0 saturated heterocycles. The molecule has 1 atom stereocenters. The summed E-state index contributed by atoms with van der Waals surface area (Å²) in [5.74, 6) is 3.73. The van der Waals surface area contributed by atoms with E-state index in [0.717, 1.165) is 0 Å². The maximum absolute atomic E-state index is 11.6. The van der Waals surface area contributed by atoms with Crippen molar-refractivity contribution in [3.8, 4) is 0 Å². The quantitative estimate of drug-likeness (QED) is 0.769. The minimum atomic E-state index is -2.57. The maximum Gasteiger partial charge on any atom is 0.284 e. The average Bonchev–Trinajstić information content (AvgIpc) is 2.43. The molecule has 0 bridgehead atoms. The Balaban J connectivity index is 2.96. The Morgan fingerprint density at radius 3 is 2.67 bits per heavy atom. The molecular formula is C9H14N2O3S. The fourth-order valence-corrected chi connectivity index (χ4v) is 1.55. The highest BCUT2D eigenvalue weighted by Crippen LogP contribution is 2.10. The van der Waals surface area contributed by atoms with Crippen molar-refractivity contribution in [3.05, 3.63) is 17.3 Å². The molecule has 1 unspecified atom stereocenters. The molecule has 1 aromatic rings. The van der Waals surface area contributed by atoms with Gasteiger partial charge in [0.2, 0.25) is 0 Å². The van der Waals surface area contributed by atoms with Gasteiger partial charge in [-0.1, -0.05) is 6.92 Å². The number of aromatic nitrogens is 1. The molecule has 1 rings (SSSR count). The third kappa shape index (κ3) is 3.09. The zero-order chi connectivity index (χ0) is 11.6. The number of oxazole rings is 1. The van der Waals surface area contributed by atoms with Gasteiger partial charge in [-0.3, -0.25) is 9.52 Å². The summed E-state index contributed by atoms with van der Waals surface area (Å²) < 4.78 is 18.7. The van der Waals surface area contributed by atoms with Gasteiger partial charge in [0, 0.05) is 22.4 Å². The van der Waals surface area contributed by atoms with Crippen LogP contribution in [0.3, 0.4) is 0 Å². The fraction of sp³-hybridized carbons (Fsp3) is 0.444. The Kier molecular flexibility index (Phi) is 3.18. The van der Waals surface area contributed by atoms with Crippen LogP contribution in [0.2, 0.25) is 0 Å². The molecule has 0 saturated carbocycles. The van der Waals surface area contributed by atoms with Crippen molar-refractivity contribution in [2.24, 2.45) is 0 Å². The second-order valence-corrected chi connectivity index (χ2v) is 5.52. The predicted octanol–water partition coefficient (Wildman–Crippen LogP) is 0.536. The minimum Gasteiger partial charge on any atom is -0.445 e. The summed E-state index contributed by atoms with van der Waals surface area (Å²) in [4.78, 5) is 15.5. The van der Waals surface area contributed by atoms with Gasteiger partial charge in [0.15, 0.2) is 11.6 Å². The molecule has 0 spiro atoms. The zero-order valence-corrected chi connectivity index (χ0v) is 9.81. The van der Waals surface area contributed by atoms with E-state index >= 15 is 0 Å². The lowest BCUT2D eigenvalue weighted by atomic mass is 10.3. The summed E-state index contributed by atoms with van der Waals surface area (Å²) in [5.41, 5.74) is 0.171. The predicted molar refractivity (Wildman–Crippen MR) is 59.3 cm³/mol. The summed E-state index contributed by atoms with van der Waals surface area (Å²) in [6.07, 6.45) is 1.96. The van der Waals surface area contributed by atoms with E-state index < -0.39 is 15.6 Å². The Labute approximate surface area is 89.0 Å². The third-order valence-electron chi connectivity index (χ3n) is 1.67. The number of carbonyl (C=O) groups excluding carboxylic acids is 1. The number of amides is 1. The van der Waals surface area contributed by atoms with Gasteiger partial charge in [-0.05, 0) is 12.8 Å². The Morgan fingerprint density at radius 1 is 1.67 bits per heavy atom. The molecule has 1 aromatic heterocycles. The summed E-state index contributed by atoms with van der Waals surface area (Å²) in [6, 6.07) is 0. The Bertz CT molecular complexity index is 474. The maximum atomic E-state index is 11.6. The van der Waals surface area contributed by atoms with E-state index in [1.807, 2.05) is 6.92 Å². The number of rotatable bonds is 3. The summed E-state index contributed by atoms with van der Waals surface area (Å²) in [6.45, 7) is 3.51. The van der Waals surface area contributed by atoms with Crippen LogP contribution in [-0.2, 0) is 16.1 Å². The van der Waals surface area contributed by atoms with Crippen molar-refractivity contribution >= 4 is 21.5 Å². The molecule has 1 heterocycles.